The Kier molecular flexibility index (Phi) is 1.55. The minimum Gasteiger partial charge on any atom is -0.119 e. The molecule has 1 saturated carbocycles. The molecule has 0 spiro atoms. The molecule has 0 amide bonds. The Bertz CT molecular complexity index is 106. The molecule has 0 aromatic heterocycles. The van der Waals surface area contributed by atoms with Gasteiger partial charge in [-0.1, -0.05) is 20.8 Å². The lowest BCUT2D eigenvalue weighted by Gasteiger charge is -2.46. The summed E-state index contributed by atoms with van der Waals surface area (Å²) in [6, 6.07) is 0. The van der Waals surface area contributed by atoms with E-state index in [-0.39, 0.29) is 4.87 Å². The number of halogens is 1. The average Bonchev–Trinajstić information content (AvgIpc) is 1.57. The molecular weight excluding hydrogens is 132 g/mol. The lowest BCUT2D eigenvalue weighted by molar-refractivity contribution is 0.173. The van der Waals surface area contributed by atoms with Crippen molar-refractivity contribution in [1.82, 2.24) is 0 Å². The normalized spacial score (nSPS) is 25.3. The first-order chi connectivity index (χ1) is 3.96. The molecule has 1 aliphatic carbocycles. The number of rotatable bonds is 0. The van der Waals surface area contributed by atoms with Crippen molar-refractivity contribution in [2.45, 2.75) is 44.9 Å². The van der Waals surface area contributed by atoms with E-state index in [0.717, 1.165) is 0 Å². The predicted molar refractivity (Wildman–Crippen MR) is 41.9 cm³/mol. The van der Waals surface area contributed by atoms with Crippen molar-refractivity contribution in [3.63, 3.8) is 0 Å². The third-order valence-corrected chi connectivity index (χ3v) is 3.44. The molecule has 9 heavy (non-hydrogen) atoms. The SMILES string of the molecule is CC(C)(C)C1(Cl)CCC1. The van der Waals surface area contributed by atoms with Gasteiger partial charge in [-0.2, -0.15) is 0 Å². The Hall–Kier alpha value is 0.290. The molecule has 0 unspecified atom stereocenters. The van der Waals surface area contributed by atoms with Gasteiger partial charge in [-0.05, 0) is 24.7 Å². The highest BCUT2D eigenvalue weighted by Gasteiger charge is 2.44. The Morgan fingerprint density at radius 1 is 1.22 bits per heavy atom. The summed E-state index contributed by atoms with van der Waals surface area (Å²) >= 11 is 6.28. The molecule has 1 heteroatoms. The van der Waals surface area contributed by atoms with E-state index in [4.69, 9.17) is 11.6 Å². The molecule has 0 aromatic carbocycles. The van der Waals surface area contributed by atoms with Gasteiger partial charge in [-0.3, -0.25) is 0 Å². The molecule has 0 radical (unpaired) electrons. The molecule has 0 atom stereocenters. The molecule has 1 rings (SSSR count). The fourth-order valence-electron chi connectivity index (χ4n) is 1.24. The zero-order valence-electron chi connectivity index (χ0n) is 6.50. The summed E-state index contributed by atoms with van der Waals surface area (Å²) in [6.45, 7) is 6.66. The first-order valence-corrected chi connectivity index (χ1v) is 4.02. The first kappa shape index (κ1) is 7.40. The molecule has 1 fully saturated rings. The summed E-state index contributed by atoms with van der Waals surface area (Å²) < 4.78 is 0. The maximum absolute atomic E-state index is 6.28. The highest BCUT2D eigenvalue weighted by Crippen LogP contribution is 2.50. The Labute approximate surface area is 62.6 Å². The standard InChI is InChI=1S/C8H15Cl/c1-7(2,3)8(9)5-4-6-8/h4-6H2,1-3H3. The zero-order chi connectivity index (χ0) is 7.12. The van der Waals surface area contributed by atoms with Crippen molar-refractivity contribution >= 4 is 11.6 Å². The summed E-state index contributed by atoms with van der Waals surface area (Å²) in [6.07, 6.45) is 3.73. The summed E-state index contributed by atoms with van der Waals surface area (Å²) in [7, 11) is 0. The third kappa shape index (κ3) is 1.10. The van der Waals surface area contributed by atoms with Crippen LogP contribution in [0, 0.1) is 5.41 Å². The van der Waals surface area contributed by atoms with Crippen LogP contribution in [0.15, 0.2) is 0 Å². The van der Waals surface area contributed by atoms with Crippen molar-refractivity contribution in [3.05, 3.63) is 0 Å². The smallest absolute Gasteiger partial charge is 0.0495 e. The van der Waals surface area contributed by atoms with Crippen LogP contribution in [0.5, 0.6) is 0 Å². The number of hydrogen-bond acceptors (Lipinski definition) is 0. The second-order valence-corrected chi connectivity index (χ2v) is 4.79. The number of hydrogen-bond donors (Lipinski definition) is 0. The van der Waals surface area contributed by atoms with Gasteiger partial charge in [0.15, 0.2) is 0 Å². The number of alkyl halides is 1. The van der Waals surface area contributed by atoms with Crippen LogP contribution < -0.4 is 0 Å². The van der Waals surface area contributed by atoms with E-state index in [1.165, 1.54) is 19.3 Å². The van der Waals surface area contributed by atoms with E-state index in [2.05, 4.69) is 20.8 Å². The van der Waals surface area contributed by atoms with Crippen LogP contribution in [-0.4, -0.2) is 4.87 Å². The van der Waals surface area contributed by atoms with E-state index in [1.807, 2.05) is 0 Å². The third-order valence-electron chi connectivity index (χ3n) is 2.49. The quantitative estimate of drug-likeness (QED) is 0.461. The van der Waals surface area contributed by atoms with Gasteiger partial charge in [0.1, 0.15) is 0 Å². The summed E-state index contributed by atoms with van der Waals surface area (Å²) in [5, 5.41) is 0. The van der Waals surface area contributed by atoms with Crippen molar-refractivity contribution in [2.75, 3.05) is 0 Å². The Balaban J connectivity index is 2.59. The fraction of sp³-hybridized carbons (Fsp3) is 1.00. The molecule has 0 heterocycles. The van der Waals surface area contributed by atoms with Crippen LogP contribution >= 0.6 is 11.6 Å². The monoisotopic (exact) mass is 146 g/mol. The van der Waals surface area contributed by atoms with Crippen molar-refractivity contribution < 1.29 is 0 Å². The van der Waals surface area contributed by atoms with Crippen LogP contribution in [0.4, 0.5) is 0 Å². The van der Waals surface area contributed by atoms with Gasteiger partial charge in [-0.15, -0.1) is 11.6 Å². The predicted octanol–water partition coefficient (Wildman–Crippen LogP) is 3.19. The fourth-order valence-corrected chi connectivity index (χ4v) is 1.50. The maximum atomic E-state index is 6.28. The largest absolute Gasteiger partial charge is 0.119 e. The molecule has 54 valence electrons. The Morgan fingerprint density at radius 2 is 1.67 bits per heavy atom. The lowest BCUT2D eigenvalue weighted by atomic mass is 9.68. The van der Waals surface area contributed by atoms with Crippen LogP contribution in [0.2, 0.25) is 0 Å². The summed E-state index contributed by atoms with van der Waals surface area (Å²) in [5.41, 5.74) is 0.298. The highest BCUT2D eigenvalue weighted by atomic mass is 35.5. The van der Waals surface area contributed by atoms with Gasteiger partial charge in [0, 0.05) is 4.87 Å². The van der Waals surface area contributed by atoms with Gasteiger partial charge in [0.05, 0.1) is 0 Å². The molecule has 0 aliphatic heterocycles. The first-order valence-electron chi connectivity index (χ1n) is 3.65. The molecule has 0 saturated heterocycles. The molecule has 0 N–H and O–H groups in total. The minimum absolute atomic E-state index is 0.132. The topological polar surface area (TPSA) is 0 Å². The maximum Gasteiger partial charge on any atom is 0.0495 e. The van der Waals surface area contributed by atoms with E-state index in [0.29, 0.717) is 5.41 Å². The van der Waals surface area contributed by atoms with E-state index < -0.39 is 0 Å². The van der Waals surface area contributed by atoms with Gasteiger partial charge in [-0.25, -0.2) is 0 Å². The van der Waals surface area contributed by atoms with Crippen molar-refractivity contribution in [2.24, 2.45) is 5.41 Å². The summed E-state index contributed by atoms with van der Waals surface area (Å²) in [4.78, 5) is 0.132. The van der Waals surface area contributed by atoms with E-state index in [1.54, 1.807) is 0 Å². The summed E-state index contributed by atoms with van der Waals surface area (Å²) in [5.74, 6) is 0. The van der Waals surface area contributed by atoms with Gasteiger partial charge < -0.3 is 0 Å². The molecule has 0 nitrogen and oxygen atoms in total. The van der Waals surface area contributed by atoms with E-state index in [9.17, 15) is 0 Å². The van der Waals surface area contributed by atoms with Gasteiger partial charge in [0.2, 0.25) is 0 Å². The second kappa shape index (κ2) is 1.88. The van der Waals surface area contributed by atoms with Crippen molar-refractivity contribution in [3.8, 4) is 0 Å². The highest BCUT2D eigenvalue weighted by molar-refractivity contribution is 6.25. The molecular formula is C8H15Cl. The average molecular weight is 147 g/mol. The van der Waals surface area contributed by atoms with Crippen LogP contribution in [0.1, 0.15) is 40.0 Å². The van der Waals surface area contributed by atoms with Crippen LogP contribution in [-0.2, 0) is 0 Å². The van der Waals surface area contributed by atoms with Crippen LogP contribution in [0.25, 0.3) is 0 Å². The zero-order valence-corrected chi connectivity index (χ0v) is 7.26. The Morgan fingerprint density at radius 3 is 1.67 bits per heavy atom. The van der Waals surface area contributed by atoms with E-state index >= 15 is 0 Å². The molecule has 0 aromatic rings. The molecule has 1 aliphatic rings. The minimum atomic E-state index is 0.132. The lowest BCUT2D eigenvalue weighted by Crippen LogP contribution is -2.43. The van der Waals surface area contributed by atoms with Gasteiger partial charge >= 0.3 is 0 Å². The second-order valence-electron chi connectivity index (χ2n) is 4.07. The van der Waals surface area contributed by atoms with Crippen molar-refractivity contribution in [1.29, 1.82) is 0 Å². The van der Waals surface area contributed by atoms with Crippen LogP contribution in [0.3, 0.4) is 0 Å². The molecule has 0 bridgehead atoms. The van der Waals surface area contributed by atoms with Gasteiger partial charge in [0.25, 0.3) is 0 Å².